The predicted octanol–water partition coefficient (Wildman–Crippen LogP) is 1.49. The maximum absolute atomic E-state index is 11.3. The molecule has 0 radical (unpaired) electrons. The molecule has 0 aromatic heterocycles. The van der Waals surface area contributed by atoms with Crippen molar-refractivity contribution in [3.8, 4) is 0 Å². The van der Waals surface area contributed by atoms with Gasteiger partial charge in [-0.2, -0.15) is 0 Å². The van der Waals surface area contributed by atoms with Gasteiger partial charge in [-0.25, -0.2) is 8.42 Å². The summed E-state index contributed by atoms with van der Waals surface area (Å²) < 4.78 is 22.6. The van der Waals surface area contributed by atoms with Crippen molar-refractivity contribution in [3.63, 3.8) is 0 Å². The van der Waals surface area contributed by atoms with Gasteiger partial charge in [0, 0.05) is 31.4 Å². The Hall–Kier alpha value is -0.820. The van der Waals surface area contributed by atoms with E-state index in [1.807, 2.05) is 6.92 Å². The Bertz CT molecular complexity index is 519. The number of guanidine groups is 1. The number of likely N-dealkylation sites (N-methyl/N-ethyl adjacent to an activating group) is 1. The van der Waals surface area contributed by atoms with Crippen LogP contribution < -0.4 is 10.6 Å². The largest absolute Gasteiger partial charge is 0.355 e. The van der Waals surface area contributed by atoms with Crippen LogP contribution in [0.4, 0.5) is 0 Å². The van der Waals surface area contributed by atoms with Gasteiger partial charge in [0.2, 0.25) is 0 Å². The molecule has 1 fully saturated rings. The van der Waals surface area contributed by atoms with Crippen molar-refractivity contribution in [2.24, 2.45) is 10.9 Å². The third-order valence-corrected chi connectivity index (χ3v) is 6.11. The first kappa shape index (κ1) is 21.2. The van der Waals surface area contributed by atoms with Crippen LogP contribution in [0.25, 0.3) is 0 Å². The third-order valence-electron chi connectivity index (χ3n) is 5.13. The molecule has 7 heteroatoms. The maximum Gasteiger partial charge on any atom is 0.191 e. The van der Waals surface area contributed by atoms with E-state index < -0.39 is 9.84 Å². The Labute approximate surface area is 148 Å². The number of hydrogen-bond donors (Lipinski definition) is 2. The van der Waals surface area contributed by atoms with Crippen molar-refractivity contribution in [3.05, 3.63) is 0 Å². The molecule has 2 N–H and O–H groups in total. The molecule has 0 bridgehead atoms. The van der Waals surface area contributed by atoms with Gasteiger partial charge in [-0.1, -0.05) is 19.8 Å². The zero-order valence-electron chi connectivity index (χ0n) is 16.2. The molecular formula is C17H36N4O2S. The Morgan fingerprint density at radius 2 is 2.08 bits per heavy atom. The lowest BCUT2D eigenvalue weighted by atomic mass is 9.75. The number of hydrogen-bond acceptors (Lipinski definition) is 4. The molecule has 6 nitrogen and oxygen atoms in total. The number of aliphatic imine (C=N–C) groups is 1. The second-order valence-corrected chi connectivity index (χ2v) is 9.97. The number of nitrogens with one attached hydrogen (secondary N) is 2. The first-order valence-electron chi connectivity index (χ1n) is 8.90. The van der Waals surface area contributed by atoms with Gasteiger partial charge in [0.05, 0.1) is 5.75 Å². The van der Waals surface area contributed by atoms with E-state index in [0.717, 1.165) is 18.4 Å². The van der Waals surface area contributed by atoms with Crippen LogP contribution in [0.5, 0.6) is 0 Å². The van der Waals surface area contributed by atoms with Crippen LogP contribution in [0, 0.1) is 5.92 Å². The first-order chi connectivity index (χ1) is 11.1. The van der Waals surface area contributed by atoms with Crippen LogP contribution in [-0.4, -0.2) is 70.6 Å². The molecule has 142 valence electrons. The second kappa shape index (κ2) is 9.04. The van der Waals surface area contributed by atoms with E-state index in [9.17, 15) is 8.42 Å². The minimum absolute atomic E-state index is 0.0616. The van der Waals surface area contributed by atoms with Gasteiger partial charge in [0.25, 0.3) is 0 Å². The lowest BCUT2D eigenvalue weighted by Crippen LogP contribution is -2.57. The van der Waals surface area contributed by atoms with Crippen molar-refractivity contribution >= 4 is 15.8 Å². The fraction of sp³-hybridized carbons (Fsp3) is 0.941. The highest BCUT2D eigenvalue weighted by atomic mass is 32.2. The van der Waals surface area contributed by atoms with Crippen molar-refractivity contribution in [2.75, 3.05) is 39.7 Å². The lowest BCUT2D eigenvalue weighted by molar-refractivity contribution is 0.0795. The molecule has 1 aliphatic rings. The van der Waals surface area contributed by atoms with E-state index in [1.54, 1.807) is 7.05 Å². The summed E-state index contributed by atoms with van der Waals surface area (Å²) in [7, 11) is 3.14. The minimum Gasteiger partial charge on any atom is -0.355 e. The summed E-state index contributed by atoms with van der Waals surface area (Å²) in [6.45, 7) is 5.17. The fourth-order valence-corrected chi connectivity index (χ4v) is 4.28. The zero-order chi connectivity index (χ0) is 18.4. The SMILES string of the molecule is CN=C(NCC1(N(C)C)CCCC(C)C1)NC(C)CCS(C)(=O)=O. The highest BCUT2D eigenvalue weighted by molar-refractivity contribution is 7.90. The summed E-state index contributed by atoms with van der Waals surface area (Å²) in [4.78, 5) is 6.64. The molecule has 0 amide bonds. The molecule has 1 aliphatic carbocycles. The molecule has 1 rings (SSSR count). The topological polar surface area (TPSA) is 73.8 Å². The first-order valence-corrected chi connectivity index (χ1v) is 11.0. The number of rotatable bonds is 7. The van der Waals surface area contributed by atoms with Crippen molar-refractivity contribution in [1.82, 2.24) is 15.5 Å². The maximum atomic E-state index is 11.3. The van der Waals surface area contributed by atoms with Gasteiger partial charge in [-0.3, -0.25) is 4.99 Å². The summed E-state index contributed by atoms with van der Waals surface area (Å²) in [6, 6.07) is 0.0616. The van der Waals surface area contributed by atoms with E-state index in [4.69, 9.17) is 0 Å². The Morgan fingerprint density at radius 3 is 2.58 bits per heavy atom. The van der Waals surface area contributed by atoms with Crippen LogP contribution in [0.3, 0.4) is 0 Å². The van der Waals surface area contributed by atoms with Gasteiger partial charge in [0.15, 0.2) is 5.96 Å². The summed E-state index contributed by atoms with van der Waals surface area (Å²) in [5.74, 6) is 1.68. The van der Waals surface area contributed by atoms with Gasteiger partial charge in [-0.15, -0.1) is 0 Å². The smallest absolute Gasteiger partial charge is 0.191 e. The lowest BCUT2D eigenvalue weighted by Gasteiger charge is -2.45. The van der Waals surface area contributed by atoms with Crippen LogP contribution in [-0.2, 0) is 9.84 Å². The van der Waals surface area contributed by atoms with Crippen LogP contribution in [0.15, 0.2) is 4.99 Å². The molecule has 24 heavy (non-hydrogen) atoms. The number of nitrogens with zero attached hydrogens (tertiary/aromatic N) is 2. The summed E-state index contributed by atoms with van der Waals surface area (Å²) >= 11 is 0. The summed E-state index contributed by atoms with van der Waals surface area (Å²) in [5, 5.41) is 6.76. The highest BCUT2D eigenvalue weighted by Gasteiger charge is 2.36. The monoisotopic (exact) mass is 360 g/mol. The third kappa shape index (κ3) is 6.97. The minimum atomic E-state index is -2.93. The zero-order valence-corrected chi connectivity index (χ0v) is 17.0. The standard InChI is InChI=1S/C17H36N4O2S/c1-14-8-7-10-17(12-14,21(4)5)13-19-16(18-3)20-15(2)9-11-24(6,22)23/h14-15H,7-13H2,1-6H3,(H2,18,19,20). The highest BCUT2D eigenvalue weighted by Crippen LogP contribution is 2.35. The van der Waals surface area contributed by atoms with Gasteiger partial charge < -0.3 is 15.5 Å². The second-order valence-electron chi connectivity index (χ2n) is 7.71. The molecule has 0 aromatic carbocycles. The molecule has 0 heterocycles. The van der Waals surface area contributed by atoms with E-state index in [0.29, 0.717) is 6.42 Å². The Balaban J connectivity index is 2.58. The van der Waals surface area contributed by atoms with Crippen molar-refractivity contribution in [2.45, 2.75) is 57.5 Å². The molecular weight excluding hydrogens is 324 g/mol. The molecule has 1 saturated carbocycles. The summed E-state index contributed by atoms with van der Waals surface area (Å²) in [6.07, 6.45) is 6.81. The Morgan fingerprint density at radius 1 is 1.42 bits per heavy atom. The normalized spacial score (nSPS) is 27.1. The molecule has 0 aromatic rings. The quantitative estimate of drug-likeness (QED) is 0.531. The van der Waals surface area contributed by atoms with Crippen LogP contribution in [0.1, 0.15) is 46.0 Å². The van der Waals surface area contributed by atoms with Crippen LogP contribution >= 0.6 is 0 Å². The van der Waals surface area contributed by atoms with Gasteiger partial charge in [0.1, 0.15) is 9.84 Å². The van der Waals surface area contributed by atoms with Crippen LogP contribution in [0.2, 0.25) is 0 Å². The molecule has 0 spiro atoms. The van der Waals surface area contributed by atoms with E-state index >= 15 is 0 Å². The molecule has 0 saturated heterocycles. The van der Waals surface area contributed by atoms with Crippen molar-refractivity contribution < 1.29 is 8.42 Å². The average Bonchev–Trinajstić information content (AvgIpc) is 2.48. The molecule has 3 unspecified atom stereocenters. The fourth-order valence-electron chi connectivity index (χ4n) is 3.50. The summed E-state index contributed by atoms with van der Waals surface area (Å²) in [5.41, 5.74) is 0.158. The Kier molecular flexibility index (Phi) is 7.99. The molecule has 0 aliphatic heterocycles. The van der Waals surface area contributed by atoms with Gasteiger partial charge in [-0.05, 0) is 46.2 Å². The van der Waals surface area contributed by atoms with Crippen molar-refractivity contribution in [1.29, 1.82) is 0 Å². The average molecular weight is 361 g/mol. The van der Waals surface area contributed by atoms with E-state index in [1.165, 1.54) is 31.9 Å². The van der Waals surface area contributed by atoms with Gasteiger partial charge >= 0.3 is 0 Å². The number of sulfone groups is 1. The van der Waals surface area contributed by atoms with E-state index in [2.05, 4.69) is 41.5 Å². The predicted molar refractivity (Wildman–Crippen MR) is 102 cm³/mol. The van der Waals surface area contributed by atoms with E-state index in [-0.39, 0.29) is 17.3 Å². The molecule has 3 atom stereocenters.